The van der Waals surface area contributed by atoms with Gasteiger partial charge in [0.25, 0.3) is 0 Å². The minimum Gasteiger partial charge on any atom is -0.497 e. The predicted molar refractivity (Wildman–Crippen MR) is 88.6 cm³/mol. The third-order valence-electron chi connectivity index (χ3n) is 7.55. The van der Waals surface area contributed by atoms with Gasteiger partial charge in [0.15, 0.2) is 5.60 Å². The van der Waals surface area contributed by atoms with Crippen LogP contribution in [0.3, 0.4) is 0 Å². The summed E-state index contributed by atoms with van der Waals surface area (Å²) in [5.41, 5.74) is -1.04. The van der Waals surface area contributed by atoms with Crippen molar-refractivity contribution < 1.29 is 23.0 Å². The van der Waals surface area contributed by atoms with E-state index in [1.54, 1.807) is 14.0 Å². The van der Waals surface area contributed by atoms with Gasteiger partial charge in [0.2, 0.25) is 0 Å². The number of hydrogen-bond acceptors (Lipinski definition) is 2. The highest BCUT2D eigenvalue weighted by Crippen LogP contribution is 2.67. The molecule has 0 aliphatic heterocycles. The molecule has 3 aliphatic rings. The predicted octanol–water partition coefficient (Wildman–Crippen LogP) is 4.84. The van der Waals surface area contributed by atoms with E-state index in [1.807, 2.05) is 6.07 Å². The number of rotatable bonds is 1. The summed E-state index contributed by atoms with van der Waals surface area (Å²) in [4.78, 5) is 0. The molecule has 1 unspecified atom stereocenters. The van der Waals surface area contributed by atoms with Gasteiger partial charge in [0.05, 0.1) is 7.11 Å². The molecule has 0 amide bonds. The molecule has 3 aliphatic carbocycles. The first-order chi connectivity index (χ1) is 11.7. The first kappa shape index (κ1) is 17.2. The number of fused-ring (bicyclic) bond motifs is 5. The Morgan fingerprint density at radius 2 is 1.92 bits per heavy atom. The van der Waals surface area contributed by atoms with Gasteiger partial charge in [-0.2, -0.15) is 13.2 Å². The van der Waals surface area contributed by atoms with Gasteiger partial charge in [-0.3, -0.25) is 0 Å². The lowest BCUT2D eigenvalue weighted by atomic mass is 9.53. The van der Waals surface area contributed by atoms with E-state index in [0.717, 1.165) is 25.0 Å². The summed E-state index contributed by atoms with van der Waals surface area (Å²) in [6.45, 7) is 1.68. The monoisotopic (exact) mass is 354 g/mol. The van der Waals surface area contributed by atoms with Crippen molar-refractivity contribution in [2.45, 2.75) is 63.1 Å². The number of ether oxygens (including phenoxy) is 1. The van der Waals surface area contributed by atoms with Crippen LogP contribution in [0.25, 0.3) is 0 Å². The van der Waals surface area contributed by atoms with Gasteiger partial charge in [-0.05, 0) is 79.5 Å². The highest BCUT2D eigenvalue weighted by molar-refractivity contribution is 5.41. The fourth-order valence-corrected chi connectivity index (χ4v) is 6.17. The van der Waals surface area contributed by atoms with E-state index in [2.05, 4.69) is 12.1 Å². The number of benzene rings is 1. The number of methoxy groups -OCH3 is 1. The Labute approximate surface area is 146 Å². The molecule has 1 N–H and O–H groups in total. The summed E-state index contributed by atoms with van der Waals surface area (Å²) < 4.78 is 46.2. The van der Waals surface area contributed by atoms with E-state index in [1.165, 1.54) is 11.1 Å². The molecule has 0 spiro atoms. The van der Waals surface area contributed by atoms with Crippen LogP contribution in [0.2, 0.25) is 0 Å². The van der Waals surface area contributed by atoms with Gasteiger partial charge < -0.3 is 9.84 Å². The van der Waals surface area contributed by atoms with E-state index >= 15 is 0 Å². The number of hydrogen-bond donors (Lipinski definition) is 1. The Hall–Kier alpha value is -1.23. The maximum atomic E-state index is 13.6. The van der Waals surface area contributed by atoms with Crippen LogP contribution in [0.5, 0.6) is 5.75 Å². The molecule has 4 rings (SSSR count). The van der Waals surface area contributed by atoms with E-state index in [9.17, 15) is 18.3 Å². The first-order valence-corrected chi connectivity index (χ1v) is 9.17. The highest BCUT2D eigenvalue weighted by atomic mass is 19.4. The van der Waals surface area contributed by atoms with Crippen molar-refractivity contribution in [3.63, 3.8) is 0 Å². The van der Waals surface area contributed by atoms with Crippen LogP contribution in [-0.2, 0) is 6.42 Å². The summed E-state index contributed by atoms with van der Waals surface area (Å²) in [6.07, 6.45) is -1.31. The van der Waals surface area contributed by atoms with Crippen LogP contribution in [0, 0.1) is 17.3 Å². The van der Waals surface area contributed by atoms with Crippen LogP contribution in [0.15, 0.2) is 18.2 Å². The average molecular weight is 354 g/mol. The molecule has 1 aromatic rings. The Bertz CT molecular complexity index is 686. The molecule has 0 saturated heterocycles. The van der Waals surface area contributed by atoms with Crippen molar-refractivity contribution in [2.75, 3.05) is 7.11 Å². The number of aryl methyl sites for hydroxylation is 1. The molecular weight excluding hydrogens is 329 g/mol. The third kappa shape index (κ3) is 2.20. The van der Waals surface area contributed by atoms with Gasteiger partial charge in [-0.1, -0.05) is 13.0 Å². The molecule has 1 aromatic carbocycles. The molecule has 2 fully saturated rings. The summed E-state index contributed by atoms with van der Waals surface area (Å²) in [5, 5.41) is 10.6. The summed E-state index contributed by atoms with van der Waals surface area (Å²) >= 11 is 0. The third-order valence-corrected chi connectivity index (χ3v) is 7.55. The quantitative estimate of drug-likeness (QED) is 0.782. The lowest BCUT2D eigenvalue weighted by Gasteiger charge is -2.53. The lowest BCUT2D eigenvalue weighted by Crippen LogP contribution is -2.58. The second-order valence-electron chi connectivity index (χ2n) is 8.33. The Kier molecular flexibility index (Phi) is 3.70. The number of halogens is 3. The minimum absolute atomic E-state index is 0.0619. The molecule has 0 radical (unpaired) electrons. The van der Waals surface area contributed by atoms with Crippen LogP contribution in [-0.4, -0.2) is 24.0 Å². The zero-order valence-corrected chi connectivity index (χ0v) is 14.7. The van der Waals surface area contributed by atoms with Crippen molar-refractivity contribution in [3.8, 4) is 5.75 Å². The fraction of sp³-hybridized carbons (Fsp3) is 0.700. The van der Waals surface area contributed by atoms with E-state index < -0.39 is 17.2 Å². The molecule has 5 heteroatoms. The zero-order chi connectivity index (χ0) is 18.0. The van der Waals surface area contributed by atoms with Crippen molar-refractivity contribution >= 4 is 0 Å². The van der Waals surface area contributed by atoms with E-state index in [4.69, 9.17) is 4.74 Å². The molecule has 138 valence electrons. The first-order valence-electron chi connectivity index (χ1n) is 9.17. The Balaban J connectivity index is 1.69. The van der Waals surface area contributed by atoms with Gasteiger partial charge in [-0.25, -0.2) is 0 Å². The van der Waals surface area contributed by atoms with Crippen molar-refractivity contribution in [2.24, 2.45) is 17.3 Å². The number of alkyl halides is 3. The number of aliphatic hydroxyl groups is 1. The second kappa shape index (κ2) is 5.38. The van der Waals surface area contributed by atoms with Crippen LogP contribution in [0.1, 0.15) is 56.1 Å². The lowest BCUT2D eigenvalue weighted by molar-refractivity contribution is -0.300. The minimum atomic E-state index is -4.55. The van der Waals surface area contributed by atoms with Gasteiger partial charge >= 0.3 is 6.18 Å². The van der Waals surface area contributed by atoms with Crippen LogP contribution in [0.4, 0.5) is 13.2 Å². The zero-order valence-electron chi connectivity index (χ0n) is 14.7. The standard InChI is InChI=1S/C20H25F3O2/c1-18-9-7-15-14-6-4-13(25-2)11-12(14)3-5-16(15)17(18)8-10-19(18,24)20(21,22)23/h4,6,11,15-17,24H,3,5,7-10H2,1-2H3/t15-,16-,17+,18+,19?/m1/s1. The maximum Gasteiger partial charge on any atom is 0.417 e. The van der Waals surface area contributed by atoms with Crippen molar-refractivity contribution in [1.82, 2.24) is 0 Å². The Morgan fingerprint density at radius 1 is 1.16 bits per heavy atom. The molecule has 5 atom stereocenters. The Morgan fingerprint density at radius 3 is 2.60 bits per heavy atom. The smallest absolute Gasteiger partial charge is 0.417 e. The molecule has 0 aromatic heterocycles. The highest BCUT2D eigenvalue weighted by Gasteiger charge is 2.71. The van der Waals surface area contributed by atoms with Crippen LogP contribution < -0.4 is 4.74 Å². The fourth-order valence-electron chi connectivity index (χ4n) is 6.17. The maximum absolute atomic E-state index is 13.6. The van der Waals surface area contributed by atoms with Crippen molar-refractivity contribution in [3.05, 3.63) is 29.3 Å². The van der Waals surface area contributed by atoms with Crippen molar-refractivity contribution in [1.29, 1.82) is 0 Å². The molecule has 2 nitrogen and oxygen atoms in total. The largest absolute Gasteiger partial charge is 0.497 e. The molecule has 25 heavy (non-hydrogen) atoms. The van der Waals surface area contributed by atoms with Gasteiger partial charge in [0.1, 0.15) is 5.75 Å². The van der Waals surface area contributed by atoms with E-state index in [0.29, 0.717) is 18.8 Å². The summed E-state index contributed by atoms with van der Waals surface area (Å²) in [5.74, 6) is 1.32. The molecule has 0 heterocycles. The summed E-state index contributed by atoms with van der Waals surface area (Å²) in [6, 6.07) is 6.12. The van der Waals surface area contributed by atoms with Gasteiger partial charge in [-0.15, -0.1) is 0 Å². The normalized spacial score (nSPS) is 40.2. The average Bonchev–Trinajstić information content (AvgIpc) is 2.86. The molecule has 0 bridgehead atoms. The second-order valence-corrected chi connectivity index (χ2v) is 8.33. The SMILES string of the molecule is COc1ccc2c(c1)CC[C@@H]1[C@@H]2CC[C@@]2(C)[C@H]1CCC2(O)C(F)(F)F. The van der Waals surface area contributed by atoms with Crippen LogP contribution >= 0.6 is 0 Å². The summed E-state index contributed by atoms with van der Waals surface area (Å²) in [7, 11) is 1.65. The van der Waals surface area contributed by atoms with E-state index in [-0.39, 0.29) is 18.3 Å². The van der Waals surface area contributed by atoms with Gasteiger partial charge in [0, 0.05) is 5.41 Å². The molecular formula is C20H25F3O2. The molecule has 2 saturated carbocycles. The topological polar surface area (TPSA) is 29.5 Å².